The number of hydrogen-bond acceptors (Lipinski definition) is 5. The van der Waals surface area contributed by atoms with Crippen LogP contribution in [0.15, 0.2) is 11.4 Å². The highest BCUT2D eigenvalue weighted by Crippen LogP contribution is 2.34. The van der Waals surface area contributed by atoms with Crippen LogP contribution in [0.5, 0.6) is 0 Å². The number of thiophene rings is 1. The third kappa shape index (κ3) is 3.25. The largest absolute Gasteiger partial charge is 0.355 e. The molecule has 0 aliphatic heterocycles. The molecular weight excluding hydrogens is 278 g/mol. The highest BCUT2D eigenvalue weighted by molar-refractivity contribution is 8.00. The van der Waals surface area contributed by atoms with E-state index in [-0.39, 0.29) is 5.91 Å². The zero-order valence-corrected chi connectivity index (χ0v) is 13.0. The second-order valence-electron chi connectivity index (χ2n) is 4.28. The van der Waals surface area contributed by atoms with Crippen LogP contribution in [0.3, 0.4) is 0 Å². The van der Waals surface area contributed by atoms with Crippen LogP contribution in [0.4, 0.5) is 0 Å². The molecule has 2 aromatic heterocycles. The summed E-state index contributed by atoms with van der Waals surface area (Å²) in [6.07, 6.45) is 2.53. The summed E-state index contributed by atoms with van der Waals surface area (Å²) in [4.78, 5) is 22.5. The number of thioether (sulfide) groups is 1. The molecule has 4 nitrogen and oxygen atoms in total. The van der Waals surface area contributed by atoms with E-state index in [1.165, 1.54) is 22.2 Å². The number of fused-ring (bicyclic) bond motifs is 1. The molecule has 2 aromatic rings. The molecule has 6 heteroatoms. The van der Waals surface area contributed by atoms with Crippen LogP contribution in [0.1, 0.15) is 23.8 Å². The SMILES string of the molecule is CCCNC(=O)CSc1ncnc2sc(C)c(C)c12. The minimum Gasteiger partial charge on any atom is -0.355 e. The number of amides is 1. The molecular formula is C13H17N3OS2. The Hall–Kier alpha value is -1.14. The third-order valence-corrected chi connectivity index (χ3v) is 4.95. The minimum atomic E-state index is 0.0585. The molecule has 0 aliphatic carbocycles. The van der Waals surface area contributed by atoms with Crippen molar-refractivity contribution in [2.75, 3.05) is 12.3 Å². The Morgan fingerprint density at radius 1 is 1.42 bits per heavy atom. The fourth-order valence-electron chi connectivity index (χ4n) is 1.71. The van der Waals surface area contributed by atoms with Crippen LogP contribution < -0.4 is 5.32 Å². The van der Waals surface area contributed by atoms with E-state index in [2.05, 4.69) is 29.1 Å². The Morgan fingerprint density at radius 3 is 2.95 bits per heavy atom. The molecule has 0 aromatic carbocycles. The molecule has 102 valence electrons. The molecule has 2 heterocycles. The van der Waals surface area contributed by atoms with Gasteiger partial charge in [0.05, 0.1) is 5.75 Å². The van der Waals surface area contributed by atoms with Crippen molar-refractivity contribution in [2.45, 2.75) is 32.2 Å². The molecule has 0 saturated heterocycles. The molecule has 19 heavy (non-hydrogen) atoms. The van der Waals surface area contributed by atoms with Gasteiger partial charge >= 0.3 is 0 Å². The summed E-state index contributed by atoms with van der Waals surface area (Å²) in [7, 11) is 0. The van der Waals surface area contributed by atoms with Gasteiger partial charge in [-0.1, -0.05) is 18.7 Å². The predicted molar refractivity (Wildman–Crippen MR) is 80.9 cm³/mol. The molecule has 0 bridgehead atoms. The molecule has 0 aliphatic rings. The maximum atomic E-state index is 11.6. The van der Waals surface area contributed by atoms with Crippen LogP contribution in [-0.4, -0.2) is 28.2 Å². The fourth-order valence-corrected chi connectivity index (χ4v) is 3.66. The summed E-state index contributed by atoms with van der Waals surface area (Å²) in [6, 6.07) is 0. The maximum Gasteiger partial charge on any atom is 0.230 e. The van der Waals surface area contributed by atoms with Gasteiger partial charge in [0.1, 0.15) is 16.2 Å². The van der Waals surface area contributed by atoms with Crippen molar-refractivity contribution in [3.63, 3.8) is 0 Å². The number of aryl methyl sites for hydroxylation is 2. The van der Waals surface area contributed by atoms with E-state index < -0.39 is 0 Å². The second kappa shape index (κ2) is 6.34. The third-order valence-electron chi connectivity index (χ3n) is 2.84. The summed E-state index contributed by atoms with van der Waals surface area (Å²) in [6.45, 7) is 6.94. The average molecular weight is 295 g/mol. The van der Waals surface area contributed by atoms with Crippen molar-refractivity contribution in [1.29, 1.82) is 0 Å². The van der Waals surface area contributed by atoms with Crippen LogP contribution in [0, 0.1) is 13.8 Å². The van der Waals surface area contributed by atoms with Crippen molar-refractivity contribution < 1.29 is 4.79 Å². The van der Waals surface area contributed by atoms with Gasteiger partial charge in [0.15, 0.2) is 0 Å². The van der Waals surface area contributed by atoms with E-state index >= 15 is 0 Å². The molecule has 2 rings (SSSR count). The first kappa shape index (κ1) is 14.3. The van der Waals surface area contributed by atoms with Crippen molar-refractivity contribution in [2.24, 2.45) is 0 Å². The lowest BCUT2D eigenvalue weighted by Crippen LogP contribution is -2.25. The van der Waals surface area contributed by atoms with Crippen molar-refractivity contribution in [3.8, 4) is 0 Å². The van der Waals surface area contributed by atoms with E-state index in [0.717, 1.165) is 28.2 Å². The normalized spacial score (nSPS) is 10.9. The Kier molecular flexibility index (Phi) is 4.76. The predicted octanol–water partition coefficient (Wildman–Crippen LogP) is 2.93. The number of nitrogens with zero attached hydrogens (tertiary/aromatic N) is 2. The van der Waals surface area contributed by atoms with Gasteiger partial charge in [0.2, 0.25) is 5.91 Å². The zero-order valence-electron chi connectivity index (χ0n) is 11.3. The van der Waals surface area contributed by atoms with Crippen molar-refractivity contribution in [1.82, 2.24) is 15.3 Å². The maximum absolute atomic E-state index is 11.6. The molecule has 1 amide bonds. The monoisotopic (exact) mass is 295 g/mol. The molecule has 0 unspecified atom stereocenters. The summed E-state index contributed by atoms with van der Waals surface area (Å²) < 4.78 is 0. The molecule has 0 fully saturated rings. The van der Waals surface area contributed by atoms with Crippen LogP contribution in [0.25, 0.3) is 10.2 Å². The van der Waals surface area contributed by atoms with Gasteiger partial charge in [-0.2, -0.15) is 0 Å². The van der Waals surface area contributed by atoms with Gasteiger partial charge in [-0.15, -0.1) is 11.3 Å². The van der Waals surface area contributed by atoms with Crippen LogP contribution in [0.2, 0.25) is 0 Å². The smallest absolute Gasteiger partial charge is 0.230 e. The number of hydrogen-bond donors (Lipinski definition) is 1. The first-order valence-electron chi connectivity index (χ1n) is 6.23. The summed E-state index contributed by atoms with van der Waals surface area (Å²) in [5.74, 6) is 0.462. The quantitative estimate of drug-likeness (QED) is 0.680. The average Bonchev–Trinajstić information content (AvgIpc) is 2.70. The number of aromatic nitrogens is 2. The Bertz CT molecular complexity index is 595. The lowest BCUT2D eigenvalue weighted by Gasteiger charge is -2.04. The standard InChI is InChI=1S/C13H17N3OS2/c1-4-5-14-10(17)6-18-12-11-8(2)9(3)19-13(11)16-7-15-12/h7H,4-6H2,1-3H3,(H,14,17). The van der Waals surface area contributed by atoms with Crippen molar-refractivity contribution >= 4 is 39.2 Å². The number of carbonyl (C=O) groups is 1. The van der Waals surface area contributed by atoms with E-state index in [1.807, 2.05) is 6.92 Å². The van der Waals surface area contributed by atoms with Gasteiger partial charge in [0, 0.05) is 16.8 Å². The second-order valence-corrected chi connectivity index (χ2v) is 6.45. The summed E-state index contributed by atoms with van der Waals surface area (Å²) in [5, 5.41) is 4.87. The molecule has 0 saturated carbocycles. The molecule has 0 atom stereocenters. The fraction of sp³-hybridized carbons (Fsp3) is 0.462. The van der Waals surface area contributed by atoms with Gasteiger partial charge in [-0.05, 0) is 25.8 Å². The van der Waals surface area contributed by atoms with E-state index in [0.29, 0.717) is 5.75 Å². The lowest BCUT2D eigenvalue weighted by molar-refractivity contribution is -0.118. The molecule has 0 radical (unpaired) electrons. The van der Waals surface area contributed by atoms with E-state index in [9.17, 15) is 4.79 Å². The van der Waals surface area contributed by atoms with Gasteiger partial charge in [0.25, 0.3) is 0 Å². The Morgan fingerprint density at radius 2 is 2.21 bits per heavy atom. The topological polar surface area (TPSA) is 54.9 Å². The van der Waals surface area contributed by atoms with Crippen LogP contribution in [-0.2, 0) is 4.79 Å². The summed E-state index contributed by atoms with van der Waals surface area (Å²) in [5.41, 5.74) is 1.22. The van der Waals surface area contributed by atoms with E-state index in [1.54, 1.807) is 17.7 Å². The van der Waals surface area contributed by atoms with E-state index in [4.69, 9.17) is 0 Å². The van der Waals surface area contributed by atoms with Gasteiger partial charge < -0.3 is 5.32 Å². The zero-order chi connectivity index (χ0) is 13.8. The number of nitrogens with one attached hydrogen (secondary N) is 1. The van der Waals surface area contributed by atoms with Gasteiger partial charge in [-0.3, -0.25) is 4.79 Å². The Labute approximate surface area is 121 Å². The molecule has 0 spiro atoms. The number of rotatable bonds is 5. The first-order valence-corrected chi connectivity index (χ1v) is 8.04. The Balaban J connectivity index is 2.14. The van der Waals surface area contributed by atoms with Crippen molar-refractivity contribution in [3.05, 3.63) is 16.8 Å². The minimum absolute atomic E-state index is 0.0585. The highest BCUT2D eigenvalue weighted by atomic mass is 32.2. The number of carbonyl (C=O) groups excluding carboxylic acids is 1. The first-order chi connectivity index (χ1) is 9.13. The van der Waals surface area contributed by atoms with Gasteiger partial charge in [-0.25, -0.2) is 9.97 Å². The summed E-state index contributed by atoms with van der Waals surface area (Å²) >= 11 is 3.16. The molecule has 1 N–H and O–H groups in total. The highest BCUT2D eigenvalue weighted by Gasteiger charge is 2.13. The lowest BCUT2D eigenvalue weighted by atomic mass is 10.2. The van der Waals surface area contributed by atoms with Crippen LogP contribution >= 0.6 is 23.1 Å².